The second-order valence-corrected chi connectivity index (χ2v) is 5.38. The fourth-order valence-corrected chi connectivity index (χ4v) is 3.10. The van der Waals surface area contributed by atoms with Gasteiger partial charge in [-0.1, -0.05) is 44.2 Å². The molecule has 2 aromatic carbocycles. The molecule has 21 heavy (non-hydrogen) atoms. The molecule has 4 rings (SSSR count). The van der Waals surface area contributed by atoms with Crippen molar-refractivity contribution in [1.82, 2.24) is 14.6 Å². The minimum absolute atomic E-state index is 0.879. The number of aromatic nitrogens is 3. The lowest BCUT2D eigenvalue weighted by Crippen LogP contribution is -1.96. The molecule has 2 heterocycles. The van der Waals surface area contributed by atoms with Gasteiger partial charge in [-0.3, -0.25) is 4.40 Å². The lowest BCUT2D eigenvalue weighted by atomic mass is 10.0. The van der Waals surface area contributed by atoms with Crippen LogP contribution >= 0.6 is 0 Å². The van der Waals surface area contributed by atoms with E-state index in [1.54, 1.807) is 0 Å². The van der Waals surface area contributed by atoms with Crippen molar-refractivity contribution in [3.8, 4) is 0 Å². The highest BCUT2D eigenvalue weighted by Crippen LogP contribution is 2.30. The molecule has 0 amide bonds. The zero-order valence-corrected chi connectivity index (χ0v) is 12.3. The van der Waals surface area contributed by atoms with Gasteiger partial charge in [-0.25, -0.2) is 0 Å². The van der Waals surface area contributed by atoms with Gasteiger partial charge in [0.1, 0.15) is 5.82 Å². The van der Waals surface area contributed by atoms with Gasteiger partial charge < -0.3 is 0 Å². The van der Waals surface area contributed by atoms with Gasteiger partial charge in [0.2, 0.25) is 0 Å². The number of benzene rings is 2. The quantitative estimate of drug-likeness (QED) is 0.514. The van der Waals surface area contributed by atoms with Gasteiger partial charge in [0.15, 0.2) is 5.65 Å². The monoisotopic (exact) mass is 275 g/mol. The summed E-state index contributed by atoms with van der Waals surface area (Å²) >= 11 is 0. The molecule has 0 unspecified atom stereocenters. The van der Waals surface area contributed by atoms with Crippen molar-refractivity contribution in [2.75, 3.05) is 0 Å². The maximum absolute atomic E-state index is 4.42. The van der Waals surface area contributed by atoms with Gasteiger partial charge in [0.25, 0.3) is 0 Å². The molecule has 0 aliphatic heterocycles. The Morgan fingerprint density at radius 3 is 2.43 bits per heavy atom. The molecule has 0 spiro atoms. The summed E-state index contributed by atoms with van der Waals surface area (Å²) in [5.74, 6) is 1.02. The SMILES string of the molecule is CCc1ccc2c(c1)c1ccccc1c1nnc(CC)n21. The molecule has 0 aliphatic rings. The Balaban J connectivity index is 2.32. The van der Waals surface area contributed by atoms with Crippen LogP contribution in [-0.4, -0.2) is 14.6 Å². The summed E-state index contributed by atoms with van der Waals surface area (Å²) in [6.07, 6.45) is 1.93. The first-order chi connectivity index (χ1) is 10.3. The minimum atomic E-state index is 0.879. The first-order valence-electron chi connectivity index (χ1n) is 7.50. The van der Waals surface area contributed by atoms with Crippen LogP contribution in [0.2, 0.25) is 0 Å². The summed E-state index contributed by atoms with van der Waals surface area (Å²) in [6.45, 7) is 4.32. The van der Waals surface area contributed by atoms with Crippen LogP contribution in [-0.2, 0) is 12.8 Å². The number of rotatable bonds is 2. The summed E-state index contributed by atoms with van der Waals surface area (Å²) in [5, 5.41) is 12.5. The van der Waals surface area contributed by atoms with E-state index in [2.05, 4.69) is 70.9 Å². The molecule has 0 atom stereocenters. The standard InChI is InChI=1S/C18H17N3/c1-3-12-9-10-16-15(11-12)13-7-5-6-8-14(13)18-20-19-17(4-2)21(16)18/h5-11H,3-4H2,1-2H3. The van der Waals surface area contributed by atoms with E-state index in [-0.39, 0.29) is 0 Å². The van der Waals surface area contributed by atoms with Crippen LogP contribution in [0, 0.1) is 0 Å². The summed E-state index contributed by atoms with van der Waals surface area (Å²) < 4.78 is 2.21. The molecule has 3 nitrogen and oxygen atoms in total. The number of nitrogens with zero attached hydrogens (tertiary/aromatic N) is 3. The zero-order valence-electron chi connectivity index (χ0n) is 12.3. The molecule has 0 radical (unpaired) electrons. The number of hydrogen-bond acceptors (Lipinski definition) is 2. The third-order valence-electron chi connectivity index (χ3n) is 4.21. The second-order valence-electron chi connectivity index (χ2n) is 5.38. The van der Waals surface area contributed by atoms with Crippen molar-refractivity contribution in [3.63, 3.8) is 0 Å². The predicted octanol–water partition coefficient (Wildman–Crippen LogP) is 4.16. The fraction of sp³-hybridized carbons (Fsp3) is 0.222. The molecule has 3 heteroatoms. The largest absolute Gasteiger partial charge is 0.278 e. The van der Waals surface area contributed by atoms with Crippen LogP contribution in [0.3, 0.4) is 0 Å². The van der Waals surface area contributed by atoms with Crippen LogP contribution < -0.4 is 0 Å². The highest BCUT2D eigenvalue weighted by atomic mass is 15.2. The number of hydrogen-bond donors (Lipinski definition) is 0. The van der Waals surface area contributed by atoms with Gasteiger partial charge in [0, 0.05) is 17.2 Å². The van der Waals surface area contributed by atoms with Gasteiger partial charge >= 0.3 is 0 Å². The van der Waals surface area contributed by atoms with Crippen molar-refractivity contribution in [1.29, 1.82) is 0 Å². The fourth-order valence-electron chi connectivity index (χ4n) is 3.10. The molecule has 0 N–H and O–H groups in total. The maximum Gasteiger partial charge on any atom is 0.169 e. The Morgan fingerprint density at radius 1 is 0.857 bits per heavy atom. The molecule has 0 bridgehead atoms. The number of fused-ring (bicyclic) bond motifs is 6. The zero-order chi connectivity index (χ0) is 14.4. The second kappa shape index (κ2) is 4.55. The number of aryl methyl sites for hydroxylation is 2. The molecular formula is C18H17N3. The summed E-state index contributed by atoms with van der Waals surface area (Å²) in [5.41, 5.74) is 3.51. The van der Waals surface area contributed by atoms with E-state index in [0.717, 1.165) is 24.3 Å². The molecule has 2 aromatic heterocycles. The number of pyridine rings is 1. The minimum Gasteiger partial charge on any atom is -0.278 e. The van der Waals surface area contributed by atoms with Crippen molar-refractivity contribution >= 4 is 27.3 Å². The molecule has 0 fully saturated rings. The average molecular weight is 275 g/mol. The van der Waals surface area contributed by atoms with Crippen LogP contribution in [0.4, 0.5) is 0 Å². The van der Waals surface area contributed by atoms with E-state index in [9.17, 15) is 0 Å². The smallest absolute Gasteiger partial charge is 0.169 e. The van der Waals surface area contributed by atoms with E-state index in [1.165, 1.54) is 27.2 Å². The lowest BCUT2D eigenvalue weighted by Gasteiger charge is -2.10. The lowest BCUT2D eigenvalue weighted by molar-refractivity contribution is 0.922. The Labute approximate surface area is 123 Å². The van der Waals surface area contributed by atoms with Crippen LogP contribution in [0.25, 0.3) is 27.3 Å². The molecule has 104 valence electrons. The maximum atomic E-state index is 4.42. The molecule has 0 saturated heterocycles. The van der Waals surface area contributed by atoms with Gasteiger partial charge in [-0.15, -0.1) is 10.2 Å². The first kappa shape index (κ1) is 12.3. The Kier molecular flexibility index (Phi) is 2.67. The molecular weight excluding hydrogens is 258 g/mol. The van der Waals surface area contributed by atoms with E-state index < -0.39 is 0 Å². The summed E-state index contributed by atoms with van der Waals surface area (Å²) in [7, 11) is 0. The average Bonchev–Trinajstić information content (AvgIpc) is 2.99. The topological polar surface area (TPSA) is 30.2 Å². The Morgan fingerprint density at radius 2 is 1.67 bits per heavy atom. The highest BCUT2D eigenvalue weighted by Gasteiger charge is 2.13. The van der Waals surface area contributed by atoms with Crippen molar-refractivity contribution in [3.05, 3.63) is 53.9 Å². The molecule has 0 saturated carbocycles. The van der Waals surface area contributed by atoms with Crippen LogP contribution in [0.15, 0.2) is 42.5 Å². The van der Waals surface area contributed by atoms with Crippen LogP contribution in [0.1, 0.15) is 25.2 Å². The van der Waals surface area contributed by atoms with Crippen molar-refractivity contribution in [2.45, 2.75) is 26.7 Å². The predicted molar refractivity (Wildman–Crippen MR) is 86.8 cm³/mol. The van der Waals surface area contributed by atoms with Gasteiger partial charge in [-0.05, 0) is 29.5 Å². The Bertz CT molecular complexity index is 966. The van der Waals surface area contributed by atoms with E-state index >= 15 is 0 Å². The van der Waals surface area contributed by atoms with Crippen molar-refractivity contribution in [2.24, 2.45) is 0 Å². The van der Waals surface area contributed by atoms with E-state index in [4.69, 9.17) is 0 Å². The third kappa shape index (κ3) is 1.67. The highest BCUT2D eigenvalue weighted by molar-refractivity contribution is 6.11. The molecule has 0 aliphatic carbocycles. The van der Waals surface area contributed by atoms with E-state index in [1.807, 2.05) is 0 Å². The van der Waals surface area contributed by atoms with E-state index in [0.29, 0.717) is 0 Å². The summed E-state index contributed by atoms with van der Waals surface area (Å²) in [4.78, 5) is 0. The summed E-state index contributed by atoms with van der Waals surface area (Å²) in [6, 6.07) is 15.2. The van der Waals surface area contributed by atoms with Crippen LogP contribution in [0.5, 0.6) is 0 Å². The third-order valence-corrected chi connectivity index (χ3v) is 4.21. The Hall–Kier alpha value is -2.42. The molecule has 4 aromatic rings. The van der Waals surface area contributed by atoms with Gasteiger partial charge in [0.05, 0.1) is 5.52 Å². The van der Waals surface area contributed by atoms with Crippen molar-refractivity contribution < 1.29 is 0 Å². The first-order valence-corrected chi connectivity index (χ1v) is 7.50. The van der Waals surface area contributed by atoms with Gasteiger partial charge in [-0.2, -0.15) is 0 Å². The normalized spacial score (nSPS) is 11.7.